The molecule has 1 saturated heterocycles. The number of pyridine rings is 1. The van der Waals surface area contributed by atoms with Gasteiger partial charge in [-0.05, 0) is 40.0 Å². The molecule has 0 radical (unpaired) electrons. The zero-order valence-electron chi connectivity index (χ0n) is 10.4. The quantitative estimate of drug-likeness (QED) is 0.843. The van der Waals surface area contributed by atoms with Crippen LogP contribution in [0.4, 0.5) is 0 Å². The molecule has 0 saturated carbocycles. The zero-order valence-corrected chi connectivity index (χ0v) is 13.7. The third-order valence-corrected chi connectivity index (χ3v) is 3.55. The predicted molar refractivity (Wildman–Crippen MR) is 83.9 cm³/mol. The van der Waals surface area contributed by atoms with Gasteiger partial charge in [-0.25, -0.2) is 4.98 Å². The third-order valence-electron chi connectivity index (χ3n) is 3.11. The monoisotopic (exact) mass is 355 g/mol. The lowest BCUT2D eigenvalue weighted by Crippen LogP contribution is -2.45. The summed E-state index contributed by atoms with van der Waals surface area (Å²) in [4.78, 5) is 6.74. The molecule has 1 aromatic rings. The van der Waals surface area contributed by atoms with E-state index in [4.69, 9.17) is 0 Å². The second kappa shape index (κ2) is 9.10. The van der Waals surface area contributed by atoms with Crippen LogP contribution in [0.25, 0.3) is 0 Å². The summed E-state index contributed by atoms with van der Waals surface area (Å²) in [6.07, 6.45) is 3.03. The van der Waals surface area contributed by atoms with E-state index in [0.717, 1.165) is 37.2 Å². The summed E-state index contributed by atoms with van der Waals surface area (Å²) < 4.78 is 0.929. The first kappa shape index (κ1) is 18.1. The SMILES string of the molecule is CC[C@H](c1ccnc(Br)c1)N1CCNCC1.Cl.Cl. The maximum atomic E-state index is 4.19. The Bertz CT molecular complexity index is 346. The summed E-state index contributed by atoms with van der Waals surface area (Å²) in [6.45, 7) is 6.73. The fourth-order valence-electron chi connectivity index (χ4n) is 2.32. The number of hydrogen-bond acceptors (Lipinski definition) is 3. The van der Waals surface area contributed by atoms with Crippen molar-refractivity contribution in [1.29, 1.82) is 0 Å². The van der Waals surface area contributed by atoms with Crippen molar-refractivity contribution >= 4 is 40.7 Å². The van der Waals surface area contributed by atoms with Crippen LogP contribution in [-0.4, -0.2) is 36.1 Å². The lowest BCUT2D eigenvalue weighted by Gasteiger charge is -2.34. The number of nitrogens with zero attached hydrogens (tertiary/aromatic N) is 2. The molecule has 0 bridgehead atoms. The highest BCUT2D eigenvalue weighted by molar-refractivity contribution is 9.10. The minimum absolute atomic E-state index is 0. The summed E-state index contributed by atoms with van der Waals surface area (Å²) in [6, 6.07) is 4.79. The Balaban J connectivity index is 0.00000144. The van der Waals surface area contributed by atoms with Crippen LogP contribution in [-0.2, 0) is 0 Å². The van der Waals surface area contributed by atoms with E-state index in [1.807, 2.05) is 6.20 Å². The van der Waals surface area contributed by atoms with E-state index in [-0.39, 0.29) is 24.8 Å². The van der Waals surface area contributed by atoms with Crippen LogP contribution < -0.4 is 5.32 Å². The average Bonchev–Trinajstić information content (AvgIpc) is 2.31. The predicted octanol–water partition coefficient (Wildman–Crippen LogP) is 3.04. The number of hydrogen-bond donors (Lipinski definition) is 1. The summed E-state index contributed by atoms with van der Waals surface area (Å²) in [7, 11) is 0. The normalized spacial score (nSPS) is 17.4. The molecule has 0 spiro atoms. The first-order valence-electron chi connectivity index (χ1n) is 5.87. The Hall–Kier alpha value is 0.130. The molecule has 1 fully saturated rings. The standard InChI is InChI=1S/C12H18BrN3.2ClH/c1-2-11(16-7-5-14-6-8-16)10-3-4-15-12(13)9-10;;/h3-4,9,11,14H,2,5-8H2,1H3;2*1H/t11-;;/m1../s1. The molecule has 6 heteroatoms. The highest BCUT2D eigenvalue weighted by Crippen LogP contribution is 2.25. The molecule has 0 unspecified atom stereocenters. The maximum absolute atomic E-state index is 4.19. The zero-order chi connectivity index (χ0) is 11.4. The number of piperazine rings is 1. The van der Waals surface area contributed by atoms with Crippen LogP contribution in [0.3, 0.4) is 0 Å². The van der Waals surface area contributed by atoms with Gasteiger partial charge in [0.05, 0.1) is 0 Å². The second-order valence-electron chi connectivity index (χ2n) is 4.12. The number of aromatic nitrogens is 1. The Labute approximate surface area is 130 Å². The fourth-order valence-corrected chi connectivity index (χ4v) is 2.71. The van der Waals surface area contributed by atoms with Crippen LogP contribution in [0, 0.1) is 0 Å². The van der Waals surface area contributed by atoms with Gasteiger partial charge < -0.3 is 5.32 Å². The molecule has 1 aromatic heterocycles. The van der Waals surface area contributed by atoms with Crippen LogP contribution in [0.1, 0.15) is 24.9 Å². The van der Waals surface area contributed by atoms with Crippen molar-refractivity contribution in [2.45, 2.75) is 19.4 Å². The Kier molecular flexibility index (Phi) is 9.17. The molecule has 0 amide bonds. The van der Waals surface area contributed by atoms with Crippen molar-refractivity contribution in [3.05, 3.63) is 28.5 Å². The van der Waals surface area contributed by atoms with Gasteiger partial charge in [-0.3, -0.25) is 4.90 Å². The van der Waals surface area contributed by atoms with E-state index in [1.165, 1.54) is 5.56 Å². The van der Waals surface area contributed by atoms with Gasteiger partial charge in [0.15, 0.2) is 0 Å². The van der Waals surface area contributed by atoms with E-state index < -0.39 is 0 Å². The van der Waals surface area contributed by atoms with E-state index in [9.17, 15) is 0 Å². The van der Waals surface area contributed by atoms with Crippen LogP contribution in [0.2, 0.25) is 0 Å². The first-order chi connectivity index (χ1) is 7.81. The molecule has 18 heavy (non-hydrogen) atoms. The minimum atomic E-state index is 0. The molecular weight excluding hydrogens is 337 g/mol. The molecule has 1 aliphatic heterocycles. The molecule has 3 nitrogen and oxygen atoms in total. The lowest BCUT2D eigenvalue weighted by atomic mass is 10.0. The highest BCUT2D eigenvalue weighted by Gasteiger charge is 2.20. The van der Waals surface area contributed by atoms with E-state index in [2.05, 4.69) is 50.2 Å². The maximum Gasteiger partial charge on any atom is 0.106 e. The van der Waals surface area contributed by atoms with Gasteiger partial charge in [-0.2, -0.15) is 0 Å². The van der Waals surface area contributed by atoms with Crippen molar-refractivity contribution in [2.75, 3.05) is 26.2 Å². The van der Waals surface area contributed by atoms with E-state index in [1.54, 1.807) is 0 Å². The van der Waals surface area contributed by atoms with Crippen LogP contribution >= 0.6 is 40.7 Å². The van der Waals surface area contributed by atoms with E-state index in [0.29, 0.717) is 6.04 Å². The Morgan fingerprint density at radius 1 is 1.39 bits per heavy atom. The average molecular weight is 357 g/mol. The summed E-state index contributed by atoms with van der Waals surface area (Å²) in [5.41, 5.74) is 1.37. The van der Waals surface area contributed by atoms with Gasteiger partial charge >= 0.3 is 0 Å². The molecule has 2 heterocycles. The third kappa shape index (κ3) is 4.67. The molecular formula is C12H20BrCl2N3. The number of rotatable bonds is 3. The van der Waals surface area contributed by atoms with Crippen molar-refractivity contribution in [2.24, 2.45) is 0 Å². The van der Waals surface area contributed by atoms with Crippen LogP contribution in [0.5, 0.6) is 0 Å². The van der Waals surface area contributed by atoms with Gasteiger partial charge in [0.2, 0.25) is 0 Å². The van der Waals surface area contributed by atoms with Gasteiger partial charge in [-0.15, -0.1) is 24.8 Å². The van der Waals surface area contributed by atoms with Gasteiger partial charge in [0.1, 0.15) is 4.60 Å². The van der Waals surface area contributed by atoms with Gasteiger partial charge in [0.25, 0.3) is 0 Å². The first-order valence-corrected chi connectivity index (χ1v) is 6.66. The topological polar surface area (TPSA) is 28.2 Å². The molecule has 1 aliphatic rings. The van der Waals surface area contributed by atoms with Crippen molar-refractivity contribution in [3.63, 3.8) is 0 Å². The highest BCUT2D eigenvalue weighted by atomic mass is 79.9. The molecule has 104 valence electrons. The van der Waals surface area contributed by atoms with E-state index >= 15 is 0 Å². The lowest BCUT2D eigenvalue weighted by molar-refractivity contribution is 0.169. The van der Waals surface area contributed by atoms with Gasteiger partial charge in [-0.1, -0.05) is 6.92 Å². The Morgan fingerprint density at radius 2 is 2.06 bits per heavy atom. The summed E-state index contributed by atoms with van der Waals surface area (Å²) in [5.74, 6) is 0. The molecule has 0 aromatic carbocycles. The summed E-state index contributed by atoms with van der Waals surface area (Å²) in [5, 5.41) is 3.39. The number of halogens is 3. The molecule has 1 atom stereocenters. The minimum Gasteiger partial charge on any atom is -0.314 e. The largest absolute Gasteiger partial charge is 0.314 e. The number of nitrogens with one attached hydrogen (secondary N) is 1. The fraction of sp³-hybridized carbons (Fsp3) is 0.583. The molecule has 2 rings (SSSR count). The Morgan fingerprint density at radius 3 is 2.61 bits per heavy atom. The van der Waals surface area contributed by atoms with Crippen molar-refractivity contribution in [1.82, 2.24) is 15.2 Å². The smallest absolute Gasteiger partial charge is 0.106 e. The van der Waals surface area contributed by atoms with Crippen molar-refractivity contribution < 1.29 is 0 Å². The van der Waals surface area contributed by atoms with Crippen LogP contribution in [0.15, 0.2) is 22.9 Å². The molecule has 1 N–H and O–H groups in total. The van der Waals surface area contributed by atoms with Crippen molar-refractivity contribution in [3.8, 4) is 0 Å². The summed E-state index contributed by atoms with van der Waals surface area (Å²) >= 11 is 3.44. The molecule has 0 aliphatic carbocycles. The van der Waals surface area contributed by atoms with Gasteiger partial charge in [0, 0.05) is 38.4 Å². The second-order valence-corrected chi connectivity index (χ2v) is 4.93.